The van der Waals surface area contributed by atoms with E-state index in [4.69, 9.17) is 19.4 Å². The number of methoxy groups -OCH3 is 1. The van der Waals surface area contributed by atoms with Gasteiger partial charge in [-0.05, 0) is 25.3 Å². The lowest BCUT2D eigenvalue weighted by molar-refractivity contribution is -0.192. The van der Waals surface area contributed by atoms with E-state index < -0.39 is 12.1 Å². The molecule has 0 bridgehead atoms. The maximum absolute atomic E-state index is 12.9. The fraction of sp³-hybridized carbons (Fsp3) is 0.619. The van der Waals surface area contributed by atoms with E-state index in [2.05, 4.69) is 11.0 Å². The molecule has 3 atom stereocenters. The van der Waals surface area contributed by atoms with Crippen molar-refractivity contribution in [2.24, 2.45) is 5.92 Å². The molecule has 0 unspecified atom stereocenters. The Morgan fingerprint density at radius 3 is 2.48 bits per heavy atom. The molecule has 3 saturated heterocycles. The van der Waals surface area contributed by atoms with Crippen molar-refractivity contribution >= 4 is 11.9 Å². The number of hydrogen-bond donors (Lipinski definition) is 1. The van der Waals surface area contributed by atoms with Crippen LogP contribution in [0.2, 0.25) is 0 Å². The molecular weight excluding hydrogens is 417 g/mol. The van der Waals surface area contributed by atoms with Gasteiger partial charge in [-0.15, -0.1) is 0 Å². The molecule has 0 radical (unpaired) electrons. The SMILES string of the molecule is COc1ccccc1CN1C[C@H](C(=O)N2CCCC2)[C@H]2OCC[C@H]21.O=C(O)C(F)(F)F. The highest BCUT2D eigenvalue weighted by molar-refractivity contribution is 5.80. The summed E-state index contributed by atoms with van der Waals surface area (Å²) in [7, 11) is 1.71. The number of para-hydroxylation sites is 1. The summed E-state index contributed by atoms with van der Waals surface area (Å²) in [6, 6.07) is 8.50. The maximum atomic E-state index is 12.9. The first kappa shape index (κ1) is 23.3. The molecule has 10 heteroatoms. The molecule has 3 aliphatic heterocycles. The molecular formula is C21H27F3N2O5. The minimum atomic E-state index is -5.08. The number of carboxylic acids is 1. The number of alkyl halides is 3. The van der Waals surface area contributed by atoms with Gasteiger partial charge in [-0.1, -0.05) is 18.2 Å². The van der Waals surface area contributed by atoms with Gasteiger partial charge in [0.05, 0.1) is 19.1 Å². The third-order valence-corrected chi connectivity index (χ3v) is 5.94. The molecule has 1 aromatic carbocycles. The summed E-state index contributed by atoms with van der Waals surface area (Å²) in [5.74, 6) is -1.55. The molecule has 31 heavy (non-hydrogen) atoms. The van der Waals surface area contributed by atoms with Crippen LogP contribution in [0.25, 0.3) is 0 Å². The van der Waals surface area contributed by atoms with Crippen LogP contribution in [0.1, 0.15) is 24.8 Å². The van der Waals surface area contributed by atoms with Gasteiger partial charge in [0, 0.05) is 44.4 Å². The number of fused-ring (bicyclic) bond motifs is 1. The molecule has 1 N–H and O–H groups in total. The van der Waals surface area contributed by atoms with Crippen molar-refractivity contribution in [1.29, 1.82) is 0 Å². The fourth-order valence-corrected chi connectivity index (χ4v) is 4.49. The number of halogens is 3. The van der Waals surface area contributed by atoms with Crippen LogP contribution in [0.15, 0.2) is 24.3 Å². The molecule has 4 rings (SSSR count). The van der Waals surface area contributed by atoms with E-state index in [1.165, 1.54) is 5.56 Å². The number of carbonyl (C=O) groups is 2. The molecule has 0 saturated carbocycles. The lowest BCUT2D eigenvalue weighted by Crippen LogP contribution is -2.39. The van der Waals surface area contributed by atoms with E-state index >= 15 is 0 Å². The van der Waals surface area contributed by atoms with Crippen molar-refractivity contribution in [1.82, 2.24) is 9.80 Å². The Kier molecular flexibility index (Phi) is 7.42. The van der Waals surface area contributed by atoms with Gasteiger partial charge < -0.3 is 19.5 Å². The van der Waals surface area contributed by atoms with E-state index in [1.807, 2.05) is 23.1 Å². The summed E-state index contributed by atoms with van der Waals surface area (Å²) in [4.78, 5) is 26.3. The molecule has 3 fully saturated rings. The van der Waals surface area contributed by atoms with Gasteiger partial charge in [-0.2, -0.15) is 13.2 Å². The number of hydrogen-bond acceptors (Lipinski definition) is 5. The van der Waals surface area contributed by atoms with E-state index in [-0.39, 0.29) is 12.0 Å². The Labute approximate surface area is 178 Å². The maximum Gasteiger partial charge on any atom is 0.490 e. The number of carboxylic acid groups (broad SMARTS) is 1. The summed E-state index contributed by atoms with van der Waals surface area (Å²) >= 11 is 0. The monoisotopic (exact) mass is 444 g/mol. The van der Waals surface area contributed by atoms with Crippen molar-refractivity contribution in [2.45, 2.75) is 44.1 Å². The number of carbonyl (C=O) groups excluding carboxylic acids is 1. The van der Waals surface area contributed by atoms with Crippen LogP contribution < -0.4 is 4.74 Å². The Balaban J connectivity index is 0.000000339. The number of rotatable bonds is 4. The third kappa shape index (κ3) is 5.48. The Bertz CT molecular complexity index is 783. The predicted octanol–water partition coefficient (Wildman–Crippen LogP) is 2.54. The molecule has 3 heterocycles. The molecule has 3 aliphatic rings. The van der Waals surface area contributed by atoms with Crippen LogP contribution in [0.4, 0.5) is 13.2 Å². The molecule has 172 valence electrons. The number of nitrogens with zero attached hydrogens (tertiary/aromatic N) is 2. The van der Waals surface area contributed by atoms with E-state index in [9.17, 15) is 18.0 Å². The topological polar surface area (TPSA) is 79.3 Å². The molecule has 0 aliphatic carbocycles. The normalized spacial score (nSPS) is 25.7. The summed E-state index contributed by atoms with van der Waals surface area (Å²) in [5, 5.41) is 7.12. The van der Waals surface area contributed by atoms with Crippen LogP contribution in [0.5, 0.6) is 5.75 Å². The first-order chi connectivity index (χ1) is 14.7. The average molecular weight is 444 g/mol. The van der Waals surface area contributed by atoms with Crippen LogP contribution in [-0.2, 0) is 20.9 Å². The molecule has 0 spiro atoms. The predicted molar refractivity (Wildman–Crippen MR) is 105 cm³/mol. The van der Waals surface area contributed by atoms with Crippen LogP contribution in [-0.4, -0.2) is 78.5 Å². The fourth-order valence-electron chi connectivity index (χ4n) is 4.49. The van der Waals surface area contributed by atoms with Gasteiger partial charge in [-0.25, -0.2) is 4.79 Å². The molecule has 7 nitrogen and oxygen atoms in total. The van der Waals surface area contributed by atoms with Crippen LogP contribution in [0.3, 0.4) is 0 Å². The largest absolute Gasteiger partial charge is 0.496 e. The van der Waals surface area contributed by atoms with Gasteiger partial charge in [0.1, 0.15) is 5.75 Å². The number of ether oxygens (including phenoxy) is 2. The first-order valence-corrected chi connectivity index (χ1v) is 10.3. The van der Waals surface area contributed by atoms with Crippen molar-refractivity contribution < 1.29 is 37.3 Å². The second-order valence-corrected chi connectivity index (χ2v) is 7.87. The van der Waals surface area contributed by atoms with Gasteiger partial charge in [0.2, 0.25) is 5.91 Å². The van der Waals surface area contributed by atoms with Gasteiger partial charge in [0.15, 0.2) is 0 Å². The number of benzene rings is 1. The van der Waals surface area contributed by atoms with Crippen molar-refractivity contribution in [3.63, 3.8) is 0 Å². The summed E-state index contributed by atoms with van der Waals surface area (Å²) in [6.45, 7) is 4.21. The number of amides is 1. The van der Waals surface area contributed by atoms with Gasteiger partial charge in [-0.3, -0.25) is 9.69 Å². The first-order valence-electron chi connectivity index (χ1n) is 10.3. The lowest BCUT2D eigenvalue weighted by atomic mass is 10.0. The Hall–Kier alpha value is -2.33. The molecule has 1 amide bonds. The van der Waals surface area contributed by atoms with Crippen molar-refractivity contribution in [3.8, 4) is 5.75 Å². The lowest BCUT2D eigenvalue weighted by Gasteiger charge is -2.23. The zero-order chi connectivity index (χ0) is 22.6. The minimum absolute atomic E-state index is 0.00897. The van der Waals surface area contributed by atoms with Crippen LogP contribution in [0, 0.1) is 5.92 Å². The zero-order valence-electron chi connectivity index (χ0n) is 17.3. The molecule has 0 aromatic heterocycles. The highest BCUT2D eigenvalue weighted by Crippen LogP contribution is 2.36. The Morgan fingerprint density at radius 1 is 1.23 bits per heavy atom. The van der Waals surface area contributed by atoms with E-state index in [0.29, 0.717) is 11.9 Å². The quantitative estimate of drug-likeness (QED) is 0.769. The molecule has 1 aromatic rings. The standard InChI is InChI=1S/C19H26N2O3.C2HF3O2/c1-23-17-7-3-2-6-14(17)12-21-13-15(18-16(21)8-11-24-18)19(22)20-9-4-5-10-20;3-2(4,5)1(6)7/h2-3,6-7,15-16,18H,4-5,8-13H2,1H3;(H,6,7)/t15-,16+,18+;/m0./s1. The minimum Gasteiger partial charge on any atom is -0.496 e. The van der Waals surface area contributed by atoms with Gasteiger partial charge in [0.25, 0.3) is 0 Å². The zero-order valence-corrected chi connectivity index (χ0v) is 17.3. The Morgan fingerprint density at radius 2 is 1.87 bits per heavy atom. The second-order valence-electron chi connectivity index (χ2n) is 7.87. The average Bonchev–Trinajstić information content (AvgIpc) is 3.47. The van der Waals surface area contributed by atoms with Gasteiger partial charge >= 0.3 is 12.1 Å². The highest BCUT2D eigenvalue weighted by Gasteiger charge is 2.49. The van der Waals surface area contributed by atoms with Crippen molar-refractivity contribution in [2.75, 3.05) is 33.4 Å². The summed E-state index contributed by atoms with van der Waals surface area (Å²) < 4.78 is 43.2. The third-order valence-electron chi connectivity index (χ3n) is 5.94. The summed E-state index contributed by atoms with van der Waals surface area (Å²) in [5.41, 5.74) is 1.18. The highest BCUT2D eigenvalue weighted by atomic mass is 19.4. The number of likely N-dealkylation sites (tertiary alicyclic amines) is 2. The summed E-state index contributed by atoms with van der Waals surface area (Å²) in [6.07, 6.45) is -1.73. The van der Waals surface area contributed by atoms with Crippen LogP contribution >= 0.6 is 0 Å². The second kappa shape index (κ2) is 9.86. The van der Waals surface area contributed by atoms with Crippen molar-refractivity contribution in [3.05, 3.63) is 29.8 Å². The van der Waals surface area contributed by atoms with E-state index in [0.717, 1.165) is 57.8 Å². The van der Waals surface area contributed by atoms with E-state index in [1.54, 1.807) is 7.11 Å². The smallest absolute Gasteiger partial charge is 0.490 e. The number of aliphatic carboxylic acids is 1.